The van der Waals surface area contributed by atoms with E-state index in [1.54, 1.807) is 37.3 Å². The Labute approximate surface area is 222 Å². The third kappa shape index (κ3) is 8.00. The Bertz CT molecular complexity index is 1120. The summed E-state index contributed by atoms with van der Waals surface area (Å²) in [5.41, 5.74) is 0.633. The first kappa shape index (κ1) is 29.2. The molecule has 35 heavy (non-hydrogen) atoms. The number of rotatable bonds is 12. The lowest BCUT2D eigenvalue weighted by molar-refractivity contribution is -0.140. The fourth-order valence-electron chi connectivity index (χ4n) is 3.53. The van der Waals surface area contributed by atoms with Gasteiger partial charge in [-0.15, -0.1) is 0 Å². The van der Waals surface area contributed by atoms with Gasteiger partial charge in [0.25, 0.3) is 0 Å². The molecule has 0 saturated carbocycles. The maximum atomic E-state index is 13.7. The van der Waals surface area contributed by atoms with Crippen molar-refractivity contribution in [3.63, 3.8) is 0 Å². The van der Waals surface area contributed by atoms with Crippen molar-refractivity contribution in [1.82, 2.24) is 10.2 Å². The zero-order valence-corrected chi connectivity index (χ0v) is 23.0. The lowest BCUT2D eigenvalue weighted by Crippen LogP contribution is -2.52. The van der Waals surface area contributed by atoms with Crippen LogP contribution in [0.1, 0.15) is 38.7 Å². The van der Waals surface area contributed by atoms with Gasteiger partial charge in [-0.2, -0.15) is 0 Å². The lowest BCUT2D eigenvalue weighted by atomic mass is 10.1. The van der Waals surface area contributed by atoms with Gasteiger partial charge in [-0.25, -0.2) is 8.42 Å². The molecule has 7 nitrogen and oxygen atoms in total. The number of benzene rings is 2. The van der Waals surface area contributed by atoms with Crippen molar-refractivity contribution >= 4 is 62.3 Å². The van der Waals surface area contributed by atoms with E-state index < -0.39 is 28.5 Å². The van der Waals surface area contributed by atoms with E-state index in [9.17, 15) is 18.0 Å². The van der Waals surface area contributed by atoms with Crippen molar-refractivity contribution in [3.05, 3.63) is 63.1 Å². The number of amides is 2. The molecule has 0 fully saturated rings. The van der Waals surface area contributed by atoms with Crippen molar-refractivity contribution in [2.75, 3.05) is 23.7 Å². The minimum absolute atomic E-state index is 0.0723. The zero-order valence-electron chi connectivity index (χ0n) is 19.9. The van der Waals surface area contributed by atoms with Gasteiger partial charge in [0.2, 0.25) is 21.8 Å². The van der Waals surface area contributed by atoms with E-state index in [2.05, 4.69) is 5.32 Å². The molecule has 0 aromatic heterocycles. The summed E-state index contributed by atoms with van der Waals surface area (Å²) in [4.78, 5) is 28.0. The van der Waals surface area contributed by atoms with Crippen LogP contribution in [0.2, 0.25) is 15.1 Å². The molecule has 2 aromatic rings. The van der Waals surface area contributed by atoms with E-state index in [1.165, 1.54) is 17.0 Å². The maximum Gasteiger partial charge on any atom is 0.244 e. The molecule has 0 aliphatic rings. The number of hydrogen-bond donors (Lipinski definition) is 1. The molecule has 192 valence electrons. The number of carbonyl (C=O) groups excluding carboxylic acids is 2. The fourth-order valence-corrected chi connectivity index (χ4v) is 5.19. The van der Waals surface area contributed by atoms with Crippen LogP contribution in [0, 0.1) is 0 Å². The van der Waals surface area contributed by atoms with Gasteiger partial charge in [0.15, 0.2) is 0 Å². The van der Waals surface area contributed by atoms with E-state index in [-0.39, 0.29) is 23.2 Å². The van der Waals surface area contributed by atoms with Crippen LogP contribution in [0.3, 0.4) is 0 Å². The quantitative estimate of drug-likeness (QED) is 0.363. The Morgan fingerprint density at radius 2 is 1.57 bits per heavy atom. The molecule has 0 aliphatic carbocycles. The first-order chi connectivity index (χ1) is 16.5. The van der Waals surface area contributed by atoms with E-state index in [0.29, 0.717) is 28.6 Å². The Morgan fingerprint density at radius 3 is 2.11 bits per heavy atom. The number of unbranched alkanes of at least 4 members (excludes halogenated alkanes) is 1. The molecule has 2 amide bonds. The summed E-state index contributed by atoms with van der Waals surface area (Å²) in [6.45, 7) is 3.63. The van der Waals surface area contributed by atoms with Crippen LogP contribution >= 0.6 is 34.8 Å². The lowest BCUT2D eigenvalue weighted by Gasteiger charge is -2.33. The third-order valence-corrected chi connectivity index (χ3v) is 7.56. The molecule has 0 aliphatic heterocycles. The second-order valence-electron chi connectivity index (χ2n) is 8.01. The molecule has 1 atom stereocenters. The van der Waals surface area contributed by atoms with Crippen LogP contribution in [0.5, 0.6) is 0 Å². The topological polar surface area (TPSA) is 86.8 Å². The van der Waals surface area contributed by atoms with E-state index in [4.69, 9.17) is 34.8 Å². The largest absolute Gasteiger partial charge is 0.354 e. The molecule has 0 bridgehead atoms. The van der Waals surface area contributed by atoms with Crippen LogP contribution < -0.4 is 9.62 Å². The Kier molecular flexibility index (Phi) is 11.1. The molecule has 0 unspecified atom stereocenters. The van der Waals surface area contributed by atoms with Crippen molar-refractivity contribution < 1.29 is 18.0 Å². The van der Waals surface area contributed by atoms with Crippen LogP contribution in [0.15, 0.2) is 42.5 Å². The van der Waals surface area contributed by atoms with Crippen molar-refractivity contribution in [3.8, 4) is 0 Å². The molecule has 0 spiro atoms. The second kappa shape index (κ2) is 13.3. The molecule has 1 N–H and O–H groups in total. The summed E-state index contributed by atoms with van der Waals surface area (Å²) in [7, 11) is -3.88. The summed E-state index contributed by atoms with van der Waals surface area (Å²) in [5, 5.41) is 3.71. The van der Waals surface area contributed by atoms with Gasteiger partial charge in [-0.05, 0) is 37.1 Å². The van der Waals surface area contributed by atoms with Crippen LogP contribution in [0.4, 0.5) is 5.69 Å². The second-order valence-corrected chi connectivity index (χ2v) is 11.1. The zero-order chi connectivity index (χ0) is 26.2. The Balaban J connectivity index is 2.48. The highest BCUT2D eigenvalue weighted by molar-refractivity contribution is 7.92. The summed E-state index contributed by atoms with van der Waals surface area (Å²) >= 11 is 19.0. The molecule has 2 aromatic carbocycles. The number of anilines is 1. The van der Waals surface area contributed by atoms with Gasteiger partial charge < -0.3 is 10.2 Å². The standard InChI is InChI=1S/C24H30Cl3N3O4S/c1-4-6-14-28-24(32)21(5-2)29(15-17-18(25)11-9-12-19(17)26)23(31)16-30(35(3,33)34)22-13-8-7-10-20(22)27/h7-13,21H,4-6,14-16H2,1-3H3,(H,28,32)/t21-/m1/s1. The monoisotopic (exact) mass is 561 g/mol. The molecule has 11 heteroatoms. The molecular weight excluding hydrogens is 533 g/mol. The fraction of sp³-hybridized carbons (Fsp3) is 0.417. The first-order valence-corrected chi connectivity index (χ1v) is 14.2. The summed E-state index contributed by atoms with van der Waals surface area (Å²) < 4.78 is 26.2. The number of para-hydroxylation sites is 1. The number of carbonyl (C=O) groups is 2. The highest BCUT2D eigenvalue weighted by Crippen LogP contribution is 2.29. The van der Waals surface area contributed by atoms with Gasteiger partial charge in [0.1, 0.15) is 12.6 Å². The molecular formula is C24H30Cl3N3O4S. The molecule has 0 heterocycles. The van der Waals surface area contributed by atoms with Gasteiger partial charge in [-0.3, -0.25) is 13.9 Å². The Hall–Kier alpha value is -2.00. The number of nitrogens with zero attached hydrogens (tertiary/aromatic N) is 2. The predicted octanol–water partition coefficient (Wildman–Crippen LogP) is 5.14. The maximum absolute atomic E-state index is 13.7. The number of nitrogens with one attached hydrogen (secondary N) is 1. The number of sulfonamides is 1. The van der Waals surface area contributed by atoms with Gasteiger partial charge in [-0.1, -0.05) is 73.3 Å². The van der Waals surface area contributed by atoms with E-state index in [0.717, 1.165) is 23.4 Å². The molecule has 2 rings (SSSR count). The summed E-state index contributed by atoms with van der Waals surface area (Å²) in [6, 6.07) is 10.4. The smallest absolute Gasteiger partial charge is 0.244 e. The van der Waals surface area contributed by atoms with Gasteiger partial charge in [0.05, 0.1) is 17.0 Å². The van der Waals surface area contributed by atoms with Crippen molar-refractivity contribution in [1.29, 1.82) is 0 Å². The van der Waals surface area contributed by atoms with Gasteiger partial charge in [0, 0.05) is 28.7 Å². The normalized spacial score (nSPS) is 12.2. The van der Waals surface area contributed by atoms with Crippen LogP contribution in [-0.2, 0) is 26.2 Å². The highest BCUT2D eigenvalue weighted by Gasteiger charge is 2.32. The minimum atomic E-state index is -3.88. The molecule has 0 radical (unpaired) electrons. The van der Waals surface area contributed by atoms with Gasteiger partial charge >= 0.3 is 0 Å². The summed E-state index contributed by atoms with van der Waals surface area (Å²) in [5.74, 6) is -0.926. The minimum Gasteiger partial charge on any atom is -0.354 e. The number of hydrogen-bond acceptors (Lipinski definition) is 4. The summed E-state index contributed by atoms with van der Waals surface area (Å²) in [6.07, 6.45) is 2.99. The first-order valence-electron chi connectivity index (χ1n) is 11.2. The van der Waals surface area contributed by atoms with E-state index >= 15 is 0 Å². The van der Waals surface area contributed by atoms with Crippen molar-refractivity contribution in [2.24, 2.45) is 0 Å². The third-order valence-electron chi connectivity index (χ3n) is 5.41. The Morgan fingerprint density at radius 1 is 0.971 bits per heavy atom. The molecule has 0 saturated heterocycles. The average molecular weight is 563 g/mol. The SMILES string of the molecule is CCCCNC(=O)[C@@H](CC)N(Cc1c(Cl)cccc1Cl)C(=O)CN(c1ccccc1Cl)S(C)(=O)=O. The van der Waals surface area contributed by atoms with Crippen LogP contribution in [0.25, 0.3) is 0 Å². The average Bonchev–Trinajstić information content (AvgIpc) is 2.79. The van der Waals surface area contributed by atoms with Crippen LogP contribution in [-0.4, -0.2) is 50.5 Å². The van der Waals surface area contributed by atoms with Crippen molar-refractivity contribution in [2.45, 2.75) is 45.7 Å². The number of halogens is 3. The highest BCUT2D eigenvalue weighted by atomic mass is 35.5. The predicted molar refractivity (Wildman–Crippen MR) is 143 cm³/mol. The van der Waals surface area contributed by atoms with E-state index in [1.807, 2.05) is 6.92 Å².